The smallest absolute Gasteiger partial charge is 0.338 e. The second kappa shape index (κ2) is 6.87. The molecule has 5 heteroatoms. The molecule has 0 saturated heterocycles. The lowest BCUT2D eigenvalue weighted by Gasteiger charge is -2.25. The molecule has 0 spiro atoms. The standard InChI is InChI=1S/C18H24N2O2S/c1-3-22-17(21)14-6-4-11(2)15(10-14)19-18(23)20-16-9-12-5-7-13(16)8-12/h4,6,10,12-13,16H,3,5,7-9H2,1-2H3,(H2,19,20,23)/t12-,13-,16+/m1/s1. The molecule has 0 radical (unpaired) electrons. The van der Waals surface area contributed by atoms with Crippen molar-refractivity contribution in [3.05, 3.63) is 29.3 Å². The van der Waals surface area contributed by atoms with E-state index in [4.69, 9.17) is 17.0 Å². The van der Waals surface area contributed by atoms with E-state index in [1.807, 2.05) is 19.1 Å². The van der Waals surface area contributed by atoms with Gasteiger partial charge in [0.1, 0.15) is 0 Å². The fraction of sp³-hybridized carbons (Fsp3) is 0.556. The maximum absolute atomic E-state index is 11.9. The monoisotopic (exact) mass is 332 g/mol. The molecule has 23 heavy (non-hydrogen) atoms. The van der Waals surface area contributed by atoms with Gasteiger partial charge in [0.25, 0.3) is 0 Å². The van der Waals surface area contributed by atoms with E-state index < -0.39 is 0 Å². The van der Waals surface area contributed by atoms with Crippen molar-refractivity contribution >= 4 is 29.0 Å². The number of anilines is 1. The summed E-state index contributed by atoms with van der Waals surface area (Å²) in [5.74, 6) is 1.35. The molecule has 2 aliphatic carbocycles. The van der Waals surface area contributed by atoms with E-state index in [-0.39, 0.29) is 5.97 Å². The lowest BCUT2D eigenvalue weighted by atomic mass is 9.95. The van der Waals surface area contributed by atoms with Gasteiger partial charge < -0.3 is 15.4 Å². The Labute approximate surface area is 143 Å². The maximum Gasteiger partial charge on any atom is 0.338 e. The number of thiocarbonyl (C=S) groups is 1. The Balaban J connectivity index is 1.63. The van der Waals surface area contributed by atoms with Crippen LogP contribution in [0.4, 0.5) is 5.69 Å². The first-order valence-electron chi connectivity index (χ1n) is 8.42. The molecular weight excluding hydrogens is 308 g/mol. The van der Waals surface area contributed by atoms with Crippen molar-refractivity contribution < 1.29 is 9.53 Å². The van der Waals surface area contributed by atoms with Crippen LogP contribution in [-0.4, -0.2) is 23.7 Å². The molecular formula is C18H24N2O2S. The molecule has 0 heterocycles. The number of nitrogens with one attached hydrogen (secondary N) is 2. The van der Waals surface area contributed by atoms with Crippen molar-refractivity contribution in [1.82, 2.24) is 5.32 Å². The van der Waals surface area contributed by atoms with Crippen LogP contribution in [-0.2, 0) is 4.74 Å². The third-order valence-electron chi connectivity index (χ3n) is 5.05. The number of ether oxygens (including phenoxy) is 1. The van der Waals surface area contributed by atoms with Crippen molar-refractivity contribution in [2.45, 2.75) is 45.6 Å². The molecule has 1 aromatic carbocycles. The number of esters is 1. The molecule has 0 aliphatic heterocycles. The summed E-state index contributed by atoms with van der Waals surface area (Å²) in [6, 6.07) is 6.00. The van der Waals surface area contributed by atoms with Gasteiger partial charge in [-0.25, -0.2) is 4.79 Å². The predicted molar refractivity (Wildman–Crippen MR) is 95.7 cm³/mol. The third kappa shape index (κ3) is 3.66. The predicted octanol–water partition coefficient (Wildman–Crippen LogP) is 3.65. The molecule has 4 nitrogen and oxygen atoms in total. The number of hydrogen-bond donors (Lipinski definition) is 2. The van der Waals surface area contributed by atoms with E-state index in [2.05, 4.69) is 10.6 Å². The summed E-state index contributed by atoms with van der Waals surface area (Å²) in [4.78, 5) is 11.9. The molecule has 2 fully saturated rings. The second-order valence-electron chi connectivity index (χ2n) is 6.63. The van der Waals surface area contributed by atoms with Crippen LogP contribution in [0.3, 0.4) is 0 Å². The zero-order chi connectivity index (χ0) is 16.4. The SMILES string of the molecule is CCOC(=O)c1ccc(C)c(NC(=S)N[C@H]2C[C@@H]3CC[C@@H]2C3)c1. The van der Waals surface area contributed by atoms with Crippen LogP contribution in [0.1, 0.15) is 48.5 Å². The number of hydrogen-bond acceptors (Lipinski definition) is 3. The molecule has 3 atom stereocenters. The van der Waals surface area contributed by atoms with Gasteiger partial charge in [-0.05, 0) is 74.9 Å². The van der Waals surface area contributed by atoms with Gasteiger partial charge in [-0.1, -0.05) is 12.5 Å². The van der Waals surface area contributed by atoms with Gasteiger partial charge in [-0.15, -0.1) is 0 Å². The van der Waals surface area contributed by atoms with E-state index in [1.165, 1.54) is 25.7 Å². The van der Waals surface area contributed by atoms with Gasteiger partial charge in [0.2, 0.25) is 0 Å². The minimum Gasteiger partial charge on any atom is -0.462 e. The quantitative estimate of drug-likeness (QED) is 0.651. The summed E-state index contributed by atoms with van der Waals surface area (Å²) in [6.07, 6.45) is 5.28. The number of carbonyl (C=O) groups is 1. The molecule has 2 N–H and O–H groups in total. The van der Waals surface area contributed by atoms with Crippen molar-refractivity contribution in [2.75, 3.05) is 11.9 Å². The summed E-state index contributed by atoms with van der Waals surface area (Å²) in [5, 5.41) is 7.36. The third-order valence-corrected chi connectivity index (χ3v) is 5.27. The van der Waals surface area contributed by atoms with E-state index in [9.17, 15) is 4.79 Å². The van der Waals surface area contributed by atoms with E-state index in [1.54, 1.807) is 13.0 Å². The van der Waals surface area contributed by atoms with E-state index in [0.717, 1.165) is 23.1 Å². The van der Waals surface area contributed by atoms with Gasteiger partial charge in [-0.3, -0.25) is 0 Å². The Hall–Kier alpha value is -1.62. The number of fused-ring (bicyclic) bond motifs is 2. The van der Waals surface area contributed by atoms with Crippen LogP contribution < -0.4 is 10.6 Å². The number of rotatable bonds is 4. The van der Waals surface area contributed by atoms with Crippen LogP contribution in [0.25, 0.3) is 0 Å². The van der Waals surface area contributed by atoms with Crippen molar-refractivity contribution in [1.29, 1.82) is 0 Å². The topological polar surface area (TPSA) is 50.4 Å². The van der Waals surface area contributed by atoms with E-state index >= 15 is 0 Å². The fourth-order valence-electron chi connectivity index (χ4n) is 3.85. The number of aryl methyl sites for hydroxylation is 1. The molecule has 2 saturated carbocycles. The Kier molecular flexibility index (Phi) is 4.85. The Morgan fingerprint density at radius 1 is 1.35 bits per heavy atom. The highest BCUT2D eigenvalue weighted by Gasteiger charge is 2.39. The first kappa shape index (κ1) is 16.2. The van der Waals surface area contributed by atoms with Gasteiger partial charge >= 0.3 is 5.97 Å². The van der Waals surface area contributed by atoms with Crippen LogP contribution in [0.15, 0.2) is 18.2 Å². The molecule has 124 valence electrons. The zero-order valence-corrected chi connectivity index (χ0v) is 14.5. The van der Waals surface area contributed by atoms with Crippen molar-refractivity contribution in [3.8, 4) is 0 Å². The minimum absolute atomic E-state index is 0.303. The highest BCUT2D eigenvalue weighted by molar-refractivity contribution is 7.80. The molecule has 2 bridgehead atoms. The number of benzene rings is 1. The molecule has 2 aliphatic rings. The fourth-order valence-corrected chi connectivity index (χ4v) is 4.11. The number of carbonyl (C=O) groups excluding carboxylic acids is 1. The minimum atomic E-state index is -0.303. The Morgan fingerprint density at radius 3 is 2.83 bits per heavy atom. The average molecular weight is 332 g/mol. The van der Waals surface area contributed by atoms with Gasteiger partial charge in [-0.2, -0.15) is 0 Å². The second-order valence-corrected chi connectivity index (χ2v) is 7.04. The molecule has 1 aromatic rings. The van der Waals surface area contributed by atoms with Crippen LogP contribution in [0.5, 0.6) is 0 Å². The summed E-state index contributed by atoms with van der Waals surface area (Å²) < 4.78 is 5.05. The molecule has 0 unspecified atom stereocenters. The lowest BCUT2D eigenvalue weighted by Crippen LogP contribution is -2.40. The normalized spacial score (nSPS) is 25.2. The summed E-state index contributed by atoms with van der Waals surface area (Å²) in [6.45, 7) is 4.18. The van der Waals surface area contributed by atoms with Crippen molar-refractivity contribution in [3.63, 3.8) is 0 Å². The first-order valence-corrected chi connectivity index (χ1v) is 8.83. The lowest BCUT2D eigenvalue weighted by molar-refractivity contribution is 0.0526. The van der Waals surface area contributed by atoms with Gasteiger partial charge in [0.15, 0.2) is 5.11 Å². The van der Waals surface area contributed by atoms with Crippen LogP contribution in [0.2, 0.25) is 0 Å². The summed E-state index contributed by atoms with van der Waals surface area (Å²) >= 11 is 5.47. The largest absolute Gasteiger partial charge is 0.462 e. The molecule has 0 amide bonds. The molecule has 3 rings (SSSR count). The van der Waals surface area contributed by atoms with E-state index in [0.29, 0.717) is 23.3 Å². The molecule has 0 aromatic heterocycles. The van der Waals surface area contributed by atoms with Gasteiger partial charge in [0.05, 0.1) is 12.2 Å². The summed E-state index contributed by atoms with van der Waals surface area (Å²) in [7, 11) is 0. The van der Waals surface area contributed by atoms with Crippen LogP contribution in [0, 0.1) is 18.8 Å². The summed E-state index contributed by atoms with van der Waals surface area (Å²) in [5.41, 5.74) is 2.45. The first-order chi connectivity index (χ1) is 11.1. The Morgan fingerprint density at radius 2 is 2.17 bits per heavy atom. The zero-order valence-electron chi connectivity index (χ0n) is 13.7. The maximum atomic E-state index is 11.9. The van der Waals surface area contributed by atoms with Crippen molar-refractivity contribution in [2.24, 2.45) is 11.8 Å². The van der Waals surface area contributed by atoms with Gasteiger partial charge in [0, 0.05) is 11.7 Å². The van der Waals surface area contributed by atoms with Crippen LogP contribution >= 0.6 is 12.2 Å². The average Bonchev–Trinajstić information content (AvgIpc) is 3.12. The Bertz CT molecular complexity index is 617. The highest BCUT2D eigenvalue weighted by atomic mass is 32.1. The highest BCUT2D eigenvalue weighted by Crippen LogP contribution is 2.44.